The van der Waals surface area contributed by atoms with Gasteiger partial charge >= 0.3 is 0 Å². The van der Waals surface area contributed by atoms with Crippen LogP contribution in [0.15, 0.2) is 66.9 Å². The Bertz CT molecular complexity index is 1280. The Labute approximate surface area is 192 Å². The van der Waals surface area contributed by atoms with Crippen LogP contribution in [-0.2, 0) is 11.3 Å². The van der Waals surface area contributed by atoms with Crippen molar-refractivity contribution in [2.45, 2.75) is 33.7 Å². The normalized spacial score (nSPS) is 11.0. The van der Waals surface area contributed by atoms with Crippen LogP contribution in [-0.4, -0.2) is 26.6 Å². The number of aryl methyl sites for hydroxylation is 1. The lowest BCUT2D eigenvalue weighted by molar-refractivity contribution is -0.116. The summed E-state index contributed by atoms with van der Waals surface area (Å²) in [6.45, 7) is 6.65. The van der Waals surface area contributed by atoms with Crippen molar-refractivity contribution in [1.29, 1.82) is 0 Å². The molecule has 2 aromatic heterocycles. The van der Waals surface area contributed by atoms with Gasteiger partial charge in [0.15, 0.2) is 5.65 Å². The van der Waals surface area contributed by atoms with E-state index in [1.54, 1.807) is 41.2 Å². The molecule has 0 aliphatic carbocycles. The minimum atomic E-state index is -0.244. The highest BCUT2D eigenvalue weighted by Crippen LogP contribution is 2.26. The molecule has 0 radical (unpaired) electrons. The van der Waals surface area contributed by atoms with E-state index < -0.39 is 0 Å². The summed E-state index contributed by atoms with van der Waals surface area (Å²) in [7, 11) is 0. The Morgan fingerprint density at radius 3 is 2.27 bits per heavy atom. The molecule has 4 aromatic rings. The van der Waals surface area contributed by atoms with E-state index in [4.69, 9.17) is 4.98 Å². The predicted molar refractivity (Wildman–Crippen MR) is 131 cm³/mol. The summed E-state index contributed by atoms with van der Waals surface area (Å²) in [5, 5.41) is 10.9. The molecule has 0 aliphatic rings. The summed E-state index contributed by atoms with van der Waals surface area (Å²) in [6.07, 6.45) is 2.15. The third-order valence-corrected chi connectivity index (χ3v) is 5.24. The maximum atomic E-state index is 13.2. The molecule has 4 rings (SSSR count). The second kappa shape index (κ2) is 9.65. The number of pyridine rings is 1. The molecule has 168 valence electrons. The van der Waals surface area contributed by atoms with Gasteiger partial charge in [0, 0.05) is 29.9 Å². The zero-order valence-corrected chi connectivity index (χ0v) is 19.0. The average Bonchev–Trinajstić information content (AvgIpc) is 3.23. The lowest BCUT2D eigenvalue weighted by Gasteiger charge is -2.11. The first-order chi connectivity index (χ1) is 15.9. The van der Waals surface area contributed by atoms with E-state index in [2.05, 4.69) is 15.7 Å². The number of rotatable bonds is 7. The number of carbonyl (C=O) groups excluding carboxylic acids is 2. The molecule has 2 N–H and O–H groups in total. The zero-order valence-electron chi connectivity index (χ0n) is 19.0. The minimum absolute atomic E-state index is 0.0256. The van der Waals surface area contributed by atoms with Crippen LogP contribution in [0, 0.1) is 5.92 Å². The summed E-state index contributed by atoms with van der Waals surface area (Å²) in [5.41, 5.74) is 4.15. The number of anilines is 2. The average molecular weight is 442 g/mol. The van der Waals surface area contributed by atoms with E-state index in [9.17, 15) is 9.59 Å². The van der Waals surface area contributed by atoms with Gasteiger partial charge in [0.1, 0.15) is 0 Å². The van der Waals surface area contributed by atoms with Crippen LogP contribution in [0.5, 0.6) is 0 Å². The van der Waals surface area contributed by atoms with Crippen molar-refractivity contribution in [3.05, 3.63) is 72.4 Å². The Hall–Kier alpha value is -4.00. The standard InChI is InChI=1S/C26H27N5O2/c1-4-31-25-22(16-27-31)21(15-23(30-25)18-8-6-5-7-9-18)26(33)29-20-12-10-19(11-13-20)28-24(32)14-17(2)3/h5-13,15-17H,4,14H2,1-3H3,(H,28,32)(H,29,33). The molecule has 0 saturated heterocycles. The lowest BCUT2D eigenvalue weighted by Crippen LogP contribution is -2.15. The quantitative estimate of drug-likeness (QED) is 0.404. The van der Waals surface area contributed by atoms with Crippen molar-refractivity contribution in [3.8, 4) is 11.3 Å². The SMILES string of the molecule is CCn1ncc2c(C(=O)Nc3ccc(NC(=O)CC(C)C)cc3)cc(-c3ccccc3)nc21. The number of hydrogen-bond donors (Lipinski definition) is 2. The van der Waals surface area contributed by atoms with Crippen LogP contribution in [0.1, 0.15) is 37.6 Å². The fourth-order valence-corrected chi connectivity index (χ4v) is 3.64. The summed E-state index contributed by atoms with van der Waals surface area (Å²) >= 11 is 0. The Morgan fingerprint density at radius 1 is 0.970 bits per heavy atom. The molecule has 33 heavy (non-hydrogen) atoms. The van der Waals surface area contributed by atoms with Crippen molar-refractivity contribution in [1.82, 2.24) is 14.8 Å². The first-order valence-corrected chi connectivity index (χ1v) is 11.1. The molecule has 0 fully saturated rings. The summed E-state index contributed by atoms with van der Waals surface area (Å²) in [6, 6.07) is 18.7. The zero-order chi connectivity index (χ0) is 23.4. The highest BCUT2D eigenvalue weighted by Gasteiger charge is 2.17. The first kappa shape index (κ1) is 22.2. The maximum absolute atomic E-state index is 13.2. The Kier molecular flexibility index (Phi) is 6.49. The van der Waals surface area contributed by atoms with Crippen LogP contribution in [0.3, 0.4) is 0 Å². The molecule has 0 spiro atoms. The Balaban J connectivity index is 1.60. The monoisotopic (exact) mass is 441 g/mol. The van der Waals surface area contributed by atoms with E-state index in [1.165, 1.54) is 0 Å². The van der Waals surface area contributed by atoms with Crippen molar-refractivity contribution in [3.63, 3.8) is 0 Å². The number of fused-ring (bicyclic) bond motifs is 1. The van der Waals surface area contributed by atoms with Gasteiger partial charge in [-0.1, -0.05) is 44.2 Å². The fourth-order valence-electron chi connectivity index (χ4n) is 3.64. The highest BCUT2D eigenvalue weighted by atomic mass is 16.2. The molecule has 0 atom stereocenters. The minimum Gasteiger partial charge on any atom is -0.326 e. The van der Waals surface area contributed by atoms with Gasteiger partial charge in [0.2, 0.25) is 5.91 Å². The van der Waals surface area contributed by atoms with E-state index in [0.29, 0.717) is 52.5 Å². The smallest absolute Gasteiger partial charge is 0.256 e. The molecule has 0 saturated carbocycles. The van der Waals surface area contributed by atoms with Gasteiger partial charge < -0.3 is 10.6 Å². The molecule has 2 heterocycles. The van der Waals surface area contributed by atoms with Crippen LogP contribution in [0.2, 0.25) is 0 Å². The number of carbonyl (C=O) groups is 2. The molecule has 2 aromatic carbocycles. The van der Waals surface area contributed by atoms with E-state index in [1.807, 2.05) is 51.1 Å². The maximum Gasteiger partial charge on any atom is 0.256 e. The Morgan fingerprint density at radius 2 is 1.64 bits per heavy atom. The van der Waals surface area contributed by atoms with Gasteiger partial charge in [-0.05, 0) is 43.2 Å². The number of amides is 2. The lowest BCUT2D eigenvalue weighted by atomic mass is 10.1. The molecule has 0 bridgehead atoms. The van der Waals surface area contributed by atoms with Gasteiger partial charge in [0.05, 0.1) is 22.8 Å². The number of nitrogens with zero attached hydrogens (tertiary/aromatic N) is 3. The van der Waals surface area contributed by atoms with Gasteiger partial charge in [0.25, 0.3) is 5.91 Å². The highest BCUT2D eigenvalue weighted by molar-refractivity contribution is 6.12. The van der Waals surface area contributed by atoms with Crippen LogP contribution >= 0.6 is 0 Å². The van der Waals surface area contributed by atoms with Crippen LogP contribution in [0.25, 0.3) is 22.3 Å². The molecule has 0 aliphatic heterocycles. The number of hydrogen-bond acceptors (Lipinski definition) is 4. The van der Waals surface area contributed by atoms with Gasteiger partial charge in [-0.15, -0.1) is 0 Å². The second-order valence-corrected chi connectivity index (χ2v) is 8.30. The van der Waals surface area contributed by atoms with Crippen LogP contribution in [0.4, 0.5) is 11.4 Å². The third kappa shape index (κ3) is 5.09. The predicted octanol–water partition coefficient (Wildman–Crippen LogP) is 5.36. The molecule has 7 heteroatoms. The molecular weight excluding hydrogens is 414 g/mol. The number of benzene rings is 2. The number of nitrogens with one attached hydrogen (secondary N) is 2. The topological polar surface area (TPSA) is 88.9 Å². The van der Waals surface area contributed by atoms with Gasteiger partial charge in [-0.25, -0.2) is 9.67 Å². The summed E-state index contributed by atoms with van der Waals surface area (Å²) in [4.78, 5) is 30.0. The van der Waals surface area contributed by atoms with Crippen molar-refractivity contribution in [2.24, 2.45) is 5.92 Å². The van der Waals surface area contributed by atoms with Crippen LogP contribution < -0.4 is 10.6 Å². The molecular formula is C26H27N5O2. The van der Waals surface area contributed by atoms with E-state index >= 15 is 0 Å². The van der Waals surface area contributed by atoms with Gasteiger partial charge in [-0.2, -0.15) is 5.10 Å². The second-order valence-electron chi connectivity index (χ2n) is 8.30. The largest absolute Gasteiger partial charge is 0.326 e. The van der Waals surface area contributed by atoms with Gasteiger partial charge in [-0.3, -0.25) is 9.59 Å². The molecule has 0 unspecified atom stereocenters. The number of aromatic nitrogens is 3. The van der Waals surface area contributed by atoms with E-state index in [0.717, 1.165) is 5.56 Å². The van der Waals surface area contributed by atoms with Crippen molar-refractivity contribution < 1.29 is 9.59 Å². The molecule has 2 amide bonds. The summed E-state index contributed by atoms with van der Waals surface area (Å²) in [5.74, 6) is 0.0211. The third-order valence-electron chi connectivity index (χ3n) is 5.24. The molecule has 7 nitrogen and oxygen atoms in total. The van der Waals surface area contributed by atoms with E-state index in [-0.39, 0.29) is 11.8 Å². The summed E-state index contributed by atoms with van der Waals surface area (Å²) < 4.78 is 1.78. The van der Waals surface area contributed by atoms with Crippen molar-refractivity contribution >= 4 is 34.2 Å². The fraction of sp³-hybridized carbons (Fsp3) is 0.231. The first-order valence-electron chi connectivity index (χ1n) is 11.1. The van der Waals surface area contributed by atoms with Crippen molar-refractivity contribution in [2.75, 3.05) is 10.6 Å².